The first-order valence-electron chi connectivity index (χ1n) is 4.85. The lowest BCUT2D eigenvalue weighted by Crippen LogP contribution is -2.13. The molecule has 0 bridgehead atoms. The number of esters is 2. The van der Waals surface area contributed by atoms with Gasteiger partial charge in [0.25, 0.3) is 0 Å². The van der Waals surface area contributed by atoms with Gasteiger partial charge in [-0.2, -0.15) is 0 Å². The summed E-state index contributed by atoms with van der Waals surface area (Å²) in [6, 6.07) is 0. The number of carbonyl (C=O) groups is 2. The highest BCUT2D eigenvalue weighted by Crippen LogP contribution is 2.11. The van der Waals surface area contributed by atoms with Crippen molar-refractivity contribution in [2.24, 2.45) is 0 Å². The van der Waals surface area contributed by atoms with Crippen molar-refractivity contribution in [3.63, 3.8) is 0 Å². The minimum Gasteiger partial charge on any atom is -0.496 e. The molecule has 0 heterocycles. The predicted octanol–water partition coefficient (Wildman–Crippen LogP) is 1.20. The highest BCUT2D eigenvalue weighted by atomic mass is 16.5. The topological polar surface area (TPSA) is 61.8 Å². The van der Waals surface area contributed by atoms with Gasteiger partial charge in [0.15, 0.2) is 0 Å². The Bertz CT molecular complexity index is 303. The SMILES string of the molecule is C=C(OC)/C(=C/C(=O)OCC)C(=O)OCC. The molecule has 0 aliphatic rings. The largest absolute Gasteiger partial charge is 0.496 e. The summed E-state index contributed by atoms with van der Waals surface area (Å²) in [4.78, 5) is 22.6. The van der Waals surface area contributed by atoms with Gasteiger partial charge in [-0.15, -0.1) is 0 Å². The van der Waals surface area contributed by atoms with Crippen molar-refractivity contribution in [1.29, 1.82) is 0 Å². The molecule has 16 heavy (non-hydrogen) atoms. The Kier molecular flexibility index (Phi) is 6.67. The Morgan fingerprint density at radius 2 is 1.75 bits per heavy atom. The number of hydrogen-bond donors (Lipinski definition) is 0. The Morgan fingerprint density at radius 1 is 1.19 bits per heavy atom. The van der Waals surface area contributed by atoms with E-state index < -0.39 is 11.9 Å². The monoisotopic (exact) mass is 228 g/mol. The van der Waals surface area contributed by atoms with Crippen molar-refractivity contribution in [3.8, 4) is 0 Å². The average Bonchev–Trinajstić information content (AvgIpc) is 2.25. The summed E-state index contributed by atoms with van der Waals surface area (Å²) < 4.78 is 14.2. The van der Waals surface area contributed by atoms with Crippen LogP contribution in [0.25, 0.3) is 0 Å². The molecule has 0 saturated heterocycles. The van der Waals surface area contributed by atoms with E-state index in [1.807, 2.05) is 0 Å². The van der Waals surface area contributed by atoms with Gasteiger partial charge in [-0.3, -0.25) is 0 Å². The highest BCUT2D eigenvalue weighted by Gasteiger charge is 2.17. The smallest absolute Gasteiger partial charge is 0.342 e. The maximum atomic E-state index is 11.4. The molecule has 0 fully saturated rings. The van der Waals surface area contributed by atoms with E-state index in [1.54, 1.807) is 13.8 Å². The zero-order chi connectivity index (χ0) is 12.6. The van der Waals surface area contributed by atoms with E-state index in [1.165, 1.54) is 7.11 Å². The molecule has 0 amide bonds. The van der Waals surface area contributed by atoms with Crippen molar-refractivity contribution < 1.29 is 23.8 Å². The molecule has 0 aromatic rings. The van der Waals surface area contributed by atoms with E-state index in [9.17, 15) is 9.59 Å². The van der Waals surface area contributed by atoms with Crippen LogP contribution in [-0.4, -0.2) is 32.3 Å². The van der Waals surface area contributed by atoms with Crippen LogP contribution in [-0.2, 0) is 23.8 Å². The molecule has 0 aromatic carbocycles. The third-order valence-electron chi connectivity index (χ3n) is 1.59. The molecule has 0 saturated carbocycles. The number of ether oxygens (including phenoxy) is 3. The van der Waals surface area contributed by atoms with Gasteiger partial charge >= 0.3 is 11.9 Å². The average molecular weight is 228 g/mol. The van der Waals surface area contributed by atoms with Gasteiger partial charge in [0.05, 0.1) is 20.3 Å². The van der Waals surface area contributed by atoms with E-state index in [0.29, 0.717) is 0 Å². The van der Waals surface area contributed by atoms with Gasteiger partial charge in [0.2, 0.25) is 0 Å². The first-order valence-corrected chi connectivity index (χ1v) is 4.85. The number of carbonyl (C=O) groups excluding carboxylic acids is 2. The van der Waals surface area contributed by atoms with Crippen molar-refractivity contribution >= 4 is 11.9 Å². The molecule has 0 atom stereocenters. The Labute approximate surface area is 94.7 Å². The van der Waals surface area contributed by atoms with E-state index in [4.69, 9.17) is 9.47 Å². The van der Waals surface area contributed by atoms with Gasteiger partial charge in [-0.25, -0.2) is 9.59 Å². The van der Waals surface area contributed by atoms with E-state index >= 15 is 0 Å². The molecule has 90 valence electrons. The summed E-state index contributed by atoms with van der Waals surface area (Å²) in [6.45, 7) is 7.25. The molecule has 0 rings (SSSR count). The van der Waals surface area contributed by atoms with Crippen LogP contribution in [0, 0.1) is 0 Å². The molecule has 0 aromatic heterocycles. The van der Waals surface area contributed by atoms with Gasteiger partial charge in [-0.05, 0) is 13.8 Å². The molecule has 0 unspecified atom stereocenters. The van der Waals surface area contributed by atoms with Crippen LogP contribution in [0.1, 0.15) is 13.8 Å². The zero-order valence-electron chi connectivity index (χ0n) is 9.74. The number of rotatable bonds is 6. The predicted molar refractivity (Wildman–Crippen MR) is 57.5 cm³/mol. The zero-order valence-corrected chi connectivity index (χ0v) is 9.74. The molecule has 0 radical (unpaired) electrons. The van der Waals surface area contributed by atoms with Crippen LogP contribution in [0.15, 0.2) is 24.0 Å². The minimum atomic E-state index is -0.664. The fraction of sp³-hybridized carbons (Fsp3) is 0.455. The Hall–Kier alpha value is -1.78. The summed E-state index contributed by atoms with van der Waals surface area (Å²) in [5.74, 6) is -1.24. The summed E-state index contributed by atoms with van der Waals surface area (Å²) in [6.07, 6.45) is 1.01. The normalized spacial score (nSPS) is 10.6. The second kappa shape index (κ2) is 7.50. The second-order valence-corrected chi connectivity index (χ2v) is 2.66. The van der Waals surface area contributed by atoms with Crippen molar-refractivity contribution in [2.45, 2.75) is 13.8 Å². The Balaban J connectivity index is 4.86. The van der Waals surface area contributed by atoms with Crippen LogP contribution in [0.4, 0.5) is 0 Å². The Morgan fingerprint density at radius 3 is 2.19 bits per heavy atom. The fourth-order valence-electron chi connectivity index (χ4n) is 0.874. The van der Waals surface area contributed by atoms with E-state index in [-0.39, 0.29) is 24.5 Å². The van der Waals surface area contributed by atoms with Crippen LogP contribution in [0.3, 0.4) is 0 Å². The summed E-state index contributed by atoms with van der Waals surface area (Å²) in [7, 11) is 1.35. The second-order valence-electron chi connectivity index (χ2n) is 2.66. The van der Waals surface area contributed by atoms with Crippen LogP contribution >= 0.6 is 0 Å². The van der Waals surface area contributed by atoms with Crippen LogP contribution in [0.5, 0.6) is 0 Å². The molecule has 0 aliphatic heterocycles. The summed E-state index contributed by atoms with van der Waals surface area (Å²) in [5, 5.41) is 0. The van der Waals surface area contributed by atoms with Crippen molar-refractivity contribution in [3.05, 3.63) is 24.0 Å². The van der Waals surface area contributed by atoms with Gasteiger partial charge < -0.3 is 14.2 Å². The van der Waals surface area contributed by atoms with E-state index in [0.717, 1.165) is 6.08 Å². The van der Waals surface area contributed by atoms with Gasteiger partial charge in [-0.1, -0.05) is 6.58 Å². The van der Waals surface area contributed by atoms with Crippen LogP contribution in [0.2, 0.25) is 0 Å². The molecule has 0 spiro atoms. The molecular weight excluding hydrogens is 212 g/mol. The van der Waals surface area contributed by atoms with E-state index in [2.05, 4.69) is 11.3 Å². The van der Waals surface area contributed by atoms with Gasteiger partial charge in [0.1, 0.15) is 11.3 Å². The third-order valence-corrected chi connectivity index (χ3v) is 1.59. The molecular formula is C11H16O5. The van der Waals surface area contributed by atoms with Gasteiger partial charge in [0, 0.05) is 6.08 Å². The van der Waals surface area contributed by atoms with Crippen molar-refractivity contribution in [2.75, 3.05) is 20.3 Å². The standard InChI is InChI=1S/C11H16O5/c1-5-15-10(12)7-9(8(3)14-4)11(13)16-6-2/h7H,3,5-6H2,1-2,4H3/b9-7-. The maximum absolute atomic E-state index is 11.4. The fourth-order valence-corrected chi connectivity index (χ4v) is 0.874. The lowest BCUT2D eigenvalue weighted by molar-refractivity contribution is -0.141. The first kappa shape index (κ1) is 14.2. The molecule has 0 N–H and O–H groups in total. The van der Waals surface area contributed by atoms with Crippen LogP contribution < -0.4 is 0 Å². The van der Waals surface area contributed by atoms with Crippen molar-refractivity contribution in [1.82, 2.24) is 0 Å². The highest BCUT2D eigenvalue weighted by molar-refractivity contribution is 5.99. The number of methoxy groups -OCH3 is 1. The lowest BCUT2D eigenvalue weighted by atomic mass is 10.2. The molecule has 0 aliphatic carbocycles. The minimum absolute atomic E-state index is 0.0391. The molecule has 5 nitrogen and oxygen atoms in total. The summed E-state index contributed by atoms with van der Waals surface area (Å²) >= 11 is 0. The third kappa shape index (κ3) is 4.63. The number of hydrogen-bond acceptors (Lipinski definition) is 5. The molecule has 5 heteroatoms. The lowest BCUT2D eigenvalue weighted by Gasteiger charge is -2.08. The maximum Gasteiger partial charge on any atom is 0.342 e. The first-order chi connectivity index (χ1) is 7.56. The quantitative estimate of drug-likeness (QED) is 0.296. The summed E-state index contributed by atoms with van der Waals surface area (Å²) in [5.41, 5.74) is -0.0391.